The largest absolute Gasteiger partial charge is 0.335 e. The van der Waals surface area contributed by atoms with Gasteiger partial charge in [0.2, 0.25) is 0 Å². The first kappa shape index (κ1) is 14.4. The van der Waals surface area contributed by atoms with Crippen molar-refractivity contribution >= 4 is 7.60 Å². The van der Waals surface area contributed by atoms with E-state index in [0.717, 1.165) is 12.0 Å². The van der Waals surface area contributed by atoms with E-state index in [-0.39, 0.29) is 0 Å². The van der Waals surface area contributed by atoms with Gasteiger partial charge in [-0.05, 0) is 30.4 Å². The fourth-order valence-electron chi connectivity index (χ4n) is 2.29. The van der Waals surface area contributed by atoms with Crippen molar-refractivity contribution in [2.24, 2.45) is 0 Å². The molecule has 4 heteroatoms. The molecule has 17 heavy (non-hydrogen) atoms. The average Bonchev–Trinajstić information content (AvgIpc) is 2.30. The fraction of sp³-hybridized carbons (Fsp3) is 0.538. The van der Waals surface area contributed by atoms with Crippen molar-refractivity contribution in [3.8, 4) is 0 Å². The first-order valence-corrected chi connectivity index (χ1v) is 7.67. The molecular weight excluding hydrogens is 235 g/mol. The van der Waals surface area contributed by atoms with Crippen LogP contribution in [0.5, 0.6) is 0 Å². The van der Waals surface area contributed by atoms with Crippen molar-refractivity contribution in [3.63, 3.8) is 0 Å². The lowest BCUT2D eigenvalue weighted by Crippen LogP contribution is -2.24. The summed E-state index contributed by atoms with van der Waals surface area (Å²) in [6.45, 7) is 5.72. The summed E-state index contributed by atoms with van der Waals surface area (Å²) in [5, 5.41) is -1.03. The van der Waals surface area contributed by atoms with Crippen LogP contribution in [0.2, 0.25) is 0 Å². The van der Waals surface area contributed by atoms with Crippen LogP contribution in [0, 0.1) is 0 Å². The molecular formula is C13H21O3P. The normalized spacial score (nSPS) is 12.8. The van der Waals surface area contributed by atoms with Gasteiger partial charge in [-0.25, -0.2) is 0 Å². The average molecular weight is 256 g/mol. The van der Waals surface area contributed by atoms with Crippen molar-refractivity contribution in [1.82, 2.24) is 0 Å². The number of hydrogen-bond acceptors (Lipinski definition) is 1. The molecule has 96 valence electrons. The summed E-state index contributed by atoms with van der Waals surface area (Å²) in [5.74, 6) is 0. The molecule has 0 heterocycles. The van der Waals surface area contributed by atoms with Crippen LogP contribution in [-0.2, 0) is 16.1 Å². The summed E-state index contributed by atoms with van der Waals surface area (Å²) < 4.78 is 11.8. The molecule has 0 saturated heterocycles. The van der Waals surface area contributed by atoms with Crippen molar-refractivity contribution in [3.05, 3.63) is 35.4 Å². The summed E-state index contributed by atoms with van der Waals surface area (Å²) in [5.41, 5.74) is 1.92. The van der Waals surface area contributed by atoms with Crippen molar-refractivity contribution < 1.29 is 14.4 Å². The second kappa shape index (κ2) is 5.34. The van der Waals surface area contributed by atoms with Crippen LogP contribution in [0.3, 0.4) is 0 Å². The van der Waals surface area contributed by atoms with E-state index in [1.165, 1.54) is 5.56 Å². The first-order chi connectivity index (χ1) is 7.91. The van der Waals surface area contributed by atoms with E-state index >= 15 is 0 Å². The Balaban J connectivity index is 3.27. The zero-order valence-electron chi connectivity index (χ0n) is 10.7. The van der Waals surface area contributed by atoms with E-state index in [1.807, 2.05) is 38.1 Å². The zero-order chi connectivity index (χ0) is 13.1. The molecule has 0 aromatic heterocycles. The molecule has 0 fully saturated rings. The predicted molar refractivity (Wildman–Crippen MR) is 70.1 cm³/mol. The van der Waals surface area contributed by atoms with Gasteiger partial charge in [0.25, 0.3) is 0 Å². The minimum absolute atomic E-state index is 0.444. The third-order valence-electron chi connectivity index (χ3n) is 3.63. The summed E-state index contributed by atoms with van der Waals surface area (Å²) in [6.07, 6.45) is 1.82. The highest BCUT2D eigenvalue weighted by atomic mass is 31.2. The molecule has 0 aliphatic rings. The van der Waals surface area contributed by atoms with Crippen LogP contribution >= 0.6 is 7.60 Å². The predicted octanol–water partition coefficient (Wildman–Crippen LogP) is 3.44. The van der Waals surface area contributed by atoms with Crippen LogP contribution in [0.25, 0.3) is 0 Å². The highest BCUT2D eigenvalue weighted by molar-refractivity contribution is 7.53. The van der Waals surface area contributed by atoms with Crippen LogP contribution in [0.15, 0.2) is 24.3 Å². The van der Waals surface area contributed by atoms with Gasteiger partial charge < -0.3 is 9.79 Å². The van der Waals surface area contributed by atoms with E-state index in [1.54, 1.807) is 0 Å². The maximum absolute atomic E-state index is 11.8. The van der Waals surface area contributed by atoms with Gasteiger partial charge in [0.1, 0.15) is 0 Å². The molecule has 1 aromatic rings. The standard InChI is InChI=1S/C13H21O3P/c1-4-11-7-9-12(10-8-11)13(5-2,6-3)17(14,15)16/h7-10H,4-6H2,1-3H3,(H2,14,15,16). The van der Waals surface area contributed by atoms with Crippen LogP contribution in [-0.4, -0.2) is 9.79 Å². The second-order valence-corrected chi connectivity index (χ2v) is 6.28. The smallest absolute Gasteiger partial charge is 0.324 e. The molecule has 2 N–H and O–H groups in total. The number of hydrogen-bond donors (Lipinski definition) is 2. The Bertz CT molecular complexity index is 401. The highest BCUT2D eigenvalue weighted by Gasteiger charge is 2.45. The maximum Gasteiger partial charge on any atom is 0.335 e. The van der Waals surface area contributed by atoms with Gasteiger partial charge in [-0.2, -0.15) is 0 Å². The molecule has 0 spiro atoms. The fourth-order valence-corrected chi connectivity index (χ4v) is 3.60. The highest BCUT2D eigenvalue weighted by Crippen LogP contribution is 2.60. The summed E-state index contributed by atoms with van der Waals surface area (Å²) in [7, 11) is -4.15. The Morgan fingerprint density at radius 2 is 1.53 bits per heavy atom. The molecule has 0 radical (unpaired) electrons. The number of benzene rings is 1. The summed E-state index contributed by atoms with van der Waals surface area (Å²) in [6, 6.07) is 7.60. The van der Waals surface area contributed by atoms with Gasteiger partial charge in [-0.3, -0.25) is 4.57 Å². The maximum atomic E-state index is 11.8. The van der Waals surface area contributed by atoms with E-state index in [0.29, 0.717) is 12.8 Å². The van der Waals surface area contributed by atoms with Gasteiger partial charge in [0, 0.05) is 0 Å². The lowest BCUT2D eigenvalue weighted by Gasteiger charge is -2.33. The van der Waals surface area contributed by atoms with Gasteiger partial charge in [-0.1, -0.05) is 45.0 Å². The second-order valence-electron chi connectivity index (χ2n) is 4.33. The van der Waals surface area contributed by atoms with Crippen LogP contribution in [0.1, 0.15) is 44.7 Å². The topological polar surface area (TPSA) is 57.5 Å². The number of rotatable bonds is 5. The van der Waals surface area contributed by atoms with Gasteiger partial charge >= 0.3 is 7.60 Å². The summed E-state index contributed by atoms with van der Waals surface area (Å²) in [4.78, 5) is 19.2. The van der Waals surface area contributed by atoms with Crippen molar-refractivity contribution in [1.29, 1.82) is 0 Å². The lowest BCUT2D eigenvalue weighted by atomic mass is 9.92. The van der Waals surface area contributed by atoms with E-state index in [9.17, 15) is 14.4 Å². The van der Waals surface area contributed by atoms with E-state index in [4.69, 9.17) is 0 Å². The molecule has 1 rings (SSSR count). The van der Waals surface area contributed by atoms with E-state index < -0.39 is 12.8 Å². The Morgan fingerprint density at radius 1 is 1.06 bits per heavy atom. The van der Waals surface area contributed by atoms with Gasteiger partial charge in [-0.15, -0.1) is 0 Å². The SMILES string of the molecule is CCc1ccc(C(CC)(CC)P(=O)(O)O)cc1. The minimum atomic E-state index is -4.15. The molecule has 0 saturated carbocycles. The van der Waals surface area contributed by atoms with Crippen LogP contribution < -0.4 is 0 Å². The molecule has 0 aliphatic carbocycles. The molecule has 0 atom stereocenters. The first-order valence-electron chi connectivity index (χ1n) is 6.06. The Labute approximate surface area is 103 Å². The van der Waals surface area contributed by atoms with Gasteiger partial charge in [0.15, 0.2) is 0 Å². The quantitative estimate of drug-likeness (QED) is 0.793. The monoisotopic (exact) mass is 256 g/mol. The molecule has 0 unspecified atom stereocenters. The zero-order valence-corrected chi connectivity index (χ0v) is 11.6. The van der Waals surface area contributed by atoms with E-state index in [2.05, 4.69) is 6.92 Å². The van der Waals surface area contributed by atoms with Crippen molar-refractivity contribution in [2.45, 2.75) is 45.2 Å². The number of aryl methyl sites for hydroxylation is 1. The van der Waals surface area contributed by atoms with Crippen LogP contribution in [0.4, 0.5) is 0 Å². The Morgan fingerprint density at radius 3 is 1.82 bits per heavy atom. The van der Waals surface area contributed by atoms with Gasteiger partial charge in [0.05, 0.1) is 5.16 Å². The molecule has 0 bridgehead atoms. The Kier molecular flexibility index (Phi) is 4.54. The lowest BCUT2D eigenvalue weighted by molar-refractivity contribution is 0.315. The Hall–Kier alpha value is -0.630. The summed E-state index contributed by atoms with van der Waals surface area (Å²) >= 11 is 0. The third-order valence-corrected chi connectivity index (χ3v) is 5.63. The minimum Gasteiger partial charge on any atom is -0.324 e. The molecule has 0 aliphatic heterocycles. The van der Waals surface area contributed by atoms with Crippen molar-refractivity contribution in [2.75, 3.05) is 0 Å². The molecule has 3 nitrogen and oxygen atoms in total. The molecule has 0 amide bonds. The molecule has 1 aromatic carbocycles. The third kappa shape index (κ3) is 2.62.